The van der Waals surface area contributed by atoms with Gasteiger partial charge in [-0.25, -0.2) is 14.8 Å². The molecule has 0 radical (unpaired) electrons. The fraction of sp³-hybridized carbons (Fsp3) is 0.444. The maximum atomic E-state index is 11.2. The molecular weight excluding hydrogens is 182 g/mol. The third-order valence-electron chi connectivity index (χ3n) is 2.04. The first-order valence-electron chi connectivity index (χ1n) is 4.57. The van der Waals surface area contributed by atoms with Crippen molar-refractivity contribution in [2.45, 2.75) is 13.3 Å². The zero-order valence-electron chi connectivity index (χ0n) is 7.93. The van der Waals surface area contributed by atoms with Crippen LogP contribution in [0.2, 0.25) is 0 Å². The van der Waals surface area contributed by atoms with E-state index < -0.39 is 0 Å². The van der Waals surface area contributed by atoms with E-state index in [1.165, 1.54) is 4.90 Å². The topological polar surface area (TPSA) is 55.3 Å². The zero-order valence-corrected chi connectivity index (χ0v) is 7.93. The van der Waals surface area contributed by atoms with Crippen LogP contribution in [-0.2, 0) is 11.2 Å². The third-order valence-corrected chi connectivity index (χ3v) is 2.04. The number of hydrogen-bond acceptors (Lipinski definition) is 4. The van der Waals surface area contributed by atoms with E-state index in [1.54, 1.807) is 12.3 Å². The highest BCUT2D eigenvalue weighted by atomic mass is 16.6. The first kappa shape index (κ1) is 8.93. The van der Waals surface area contributed by atoms with E-state index in [1.807, 2.05) is 6.92 Å². The third kappa shape index (κ3) is 1.53. The number of nitrogens with zero attached hydrogens (tertiary/aromatic N) is 3. The highest BCUT2D eigenvalue weighted by molar-refractivity contribution is 5.87. The minimum atomic E-state index is -0.328. The van der Waals surface area contributed by atoms with Gasteiger partial charge < -0.3 is 4.74 Å². The van der Waals surface area contributed by atoms with Gasteiger partial charge in [0.1, 0.15) is 18.2 Å². The van der Waals surface area contributed by atoms with Crippen LogP contribution in [-0.4, -0.2) is 29.2 Å². The molecule has 1 fully saturated rings. The summed E-state index contributed by atoms with van der Waals surface area (Å²) in [6, 6.07) is 1.71. The number of cyclic esters (lactones) is 1. The van der Waals surface area contributed by atoms with Crippen LogP contribution in [0.15, 0.2) is 12.3 Å². The largest absolute Gasteiger partial charge is 0.447 e. The Labute approximate surface area is 81.7 Å². The number of aromatic nitrogens is 2. The Balaban J connectivity index is 2.26. The molecule has 1 saturated heterocycles. The summed E-state index contributed by atoms with van der Waals surface area (Å²) in [6.07, 6.45) is 2.09. The molecule has 0 spiro atoms. The number of aryl methyl sites for hydroxylation is 1. The van der Waals surface area contributed by atoms with Crippen molar-refractivity contribution in [3.8, 4) is 0 Å². The predicted molar refractivity (Wildman–Crippen MR) is 50.1 cm³/mol. The van der Waals surface area contributed by atoms with Crippen LogP contribution in [0.25, 0.3) is 0 Å². The average Bonchev–Trinajstić information content (AvgIpc) is 2.65. The molecule has 14 heavy (non-hydrogen) atoms. The summed E-state index contributed by atoms with van der Waals surface area (Å²) in [7, 11) is 0. The highest BCUT2D eigenvalue weighted by Crippen LogP contribution is 2.14. The minimum absolute atomic E-state index is 0.328. The first-order chi connectivity index (χ1) is 6.81. The van der Waals surface area contributed by atoms with Crippen LogP contribution in [0.1, 0.15) is 12.7 Å². The molecule has 1 aliphatic heterocycles. The molecule has 0 unspecified atom stereocenters. The molecule has 1 aliphatic rings. The first-order valence-corrected chi connectivity index (χ1v) is 4.57. The van der Waals surface area contributed by atoms with Crippen LogP contribution in [0, 0.1) is 0 Å². The normalized spacial score (nSPS) is 15.8. The van der Waals surface area contributed by atoms with E-state index >= 15 is 0 Å². The van der Waals surface area contributed by atoms with Crippen molar-refractivity contribution in [3.05, 3.63) is 18.1 Å². The smallest absolute Gasteiger partial charge is 0.415 e. The van der Waals surface area contributed by atoms with Gasteiger partial charge in [0.25, 0.3) is 0 Å². The monoisotopic (exact) mass is 193 g/mol. The molecule has 1 amide bonds. The maximum absolute atomic E-state index is 11.2. The lowest BCUT2D eigenvalue weighted by Crippen LogP contribution is -2.24. The van der Waals surface area contributed by atoms with Gasteiger partial charge in [0.2, 0.25) is 0 Å². The van der Waals surface area contributed by atoms with Gasteiger partial charge in [-0.05, 0) is 6.07 Å². The summed E-state index contributed by atoms with van der Waals surface area (Å²) in [5.41, 5.74) is 0. The SMILES string of the molecule is CCc1nccc(N2CCOC2=O)n1. The van der Waals surface area contributed by atoms with Gasteiger partial charge in [-0.1, -0.05) is 6.92 Å². The molecule has 0 atom stereocenters. The van der Waals surface area contributed by atoms with Crippen molar-refractivity contribution in [2.24, 2.45) is 0 Å². The van der Waals surface area contributed by atoms with Crippen LogP contribution in [0.5, 0.6) is 0 Å². The number of ether oxygens (including phenoxy) is 1. The lowest BCUT2D eigenvalue weighted by atomic mass is 10.4. The van der Waals surface area contributed by atoms with Crippen molar-refractivity contribution in [2.75, 3.05) is 18.1 Å². The number of carbonyl (C=O) groups excluding carboxylic acids is 1. The van der Waals surface area contributed by atoms with Gasteiger partial charge in [-0.3, -0.25) is 4.90 Å². The predicted octanol–water partition coefficient (Wildman–Crippen LogP) is 0.996. The molecule has 74 valence electrons. The van der Waals surface area contributed by atoms with Gasteiger partial charge in [0.05, 0.1) is 6.54 Å². The zero-order chi connectivity index (χ0) is 9.97. The van der Waals surface area contributed by atoms with Crippen molar-refractivity contribution in [3.63, 3.8) is 0 Å². The van der Waals surface area contributed by atoms with Crippen LogP contribution in [0.3, 0.4) is 0 Å². The highest BCUT2D eigenvalue weighted by Gasteiger charge is 2.24. The van der Waals surface area contributed by atoms with E-state index in [4.69, 9.17) is 4.74 Å². The molecule has 0 saturated carbocycles. The summed E-state index contributed by atoms with van der Waals surface area (Å²) in [6.45, 7) is 2.98. The summed E-state index contributed by atoms with van der Waals surface area (Å²) < 4.78 is 4.82. The maximum Gasteiger partial charge on any atom is 0.415 e. The van der Waals surface area contributed by atoms with Crippen LogP contribution >= 0.6 is 0 Å². The van der Waals surface area contributed by atoms with Gasteiger partial charge in [-0.2, -0.15) is 0 Å². The summed E-state index contributed by atoms with van der Waals surface area (Å²) in [5, 5.41) is 0. The van der Waals surface area contributed by atoms with Crippen LogP contribution in [0.4, 0.5) is 10.6 Å². The molecule has 1 aromatic rings. The van der Waals surface area contributed by atoms with Gasteiger partial charge in [0.15, 0.2) is 0 Å². The molecule has 1 aromatic heterocycles. The van der Waals surface area contributed by atoms with E-state index in [0.717, 1.165) is 12.2 Å². The molecular formula is C9H11N3O2. The Morgan fingerprint density at radius 2 is 2.50 bits per heavy atom. The minimum Gasteiger partial charge on any atom is -0.447 e. The average molecular weight is 193 g/mol. The Bertz CT molecular complexity index is 354. The number of carbonyl (C=O) groups is 1. The summed E-state index contributed by atoms with van der Waals surface area (Å²) in [4.78, 5) is 21.0. The Kier molecular flexibility index (Phi) is 2.30. The van der Waals surface area contributed by atoms with Crippen molar-refractivity contribution in [1.29, 1.82) is 0 Å². The Morgan fingerprint density at radius 1 is 1.64 bits per heavy atom. The van der Waals surface area contributed by atoms with E-state index in [0.29, 0.717) is 19.0 Å². The fourth-order valence-electron chi connectivity index (χ4n) is 1.31. The van der Waals surface area contributed by atoms with E-state index in [9.17, 15) is 4.79 Å². The lowest BCUT2D eigenvalue weighted by Gasteiger charge is -2.11. The Morgan fingerprint density at radius 3 is 3.14 bits per heavy atom. The van der Waals surface area contributed by atoms with Crippen molar-refractivity contribution < 1.29 is 9.53 Å². The second-order valence-corrected chi connectivity index (χ2v) is 2.95. The lowest BCUT2D eigenvalue weighted by molar-refractivity contribution is 0.181. The molecule has 2 heterocycles. The molecule has 0 aliphatic carbocycles. The number of amides is 1. The number of rotatable bonds is 2. The van der Waals surface area contributed by atoms with Gasteiger partial charge in [0, 0.05) is 12.6 Å². The van der Waals surface area contributed by atoms with E-state index in [2.05, 4.69) is 9.97 Å². The summed E-state index contributed by atoms with van der Waals surface area (Å²) >= 11 is 0. The van der Waals surface area contributed by atoms with Gasteiger partial charge >= 0.3 is 6.09 Å². The molecule has 0 aromatic carbocycles. The second kappa shape index (κ2) is 3.61. The molecule has 0 bridgehead atoms. The molecule has 2 rings (SSSR count). The molecule has 5 heteroatoms. The standard InChI is InChI=1S/C9H11N3O2/c1-2-7-10-4-3-8(11-7)12-5-6-14-9(12)13/h3-4H,2,5-6H2,1H3. The summed E-state index contributed by atoms with van der Waals surface area (Å²) in [5.74, 6) is 1.36. The number of anilines is 1. The second-order valence-electron chi connectivity index (χ2n) is 2.95. The van der Waals surface area contributed by atoms with Crippen LogP contribution < -0.4 is 4.90 Å². The number of hydrogen-bond donors (Lipinski definition) is 0. The quantitative estimate of drug-likeness (QED) is 0.703. The molecule has 0 N–H and O–H groups in total. The van der Waals surface area contributed by atoms with Crippen molar-refractivity contribution in [1.82, 2.24) is 9.97 Å². The van der Waals surface area contributed by atoms with E-state index in [-0.39, 0.29) is 6.09 Å². The fourth-order valence-corrected chi connectivity index (χ4v) is 1.31. The van der Waals surface area contributed by atoms with Crippen molar-refractivity contribution >= 4 is 11.9 Å². The molecule has 5 nitrogen and oxygen atoms in total. The Hall–Kier alpha value is -1.65. The van der Waals surface area contributed by atoms with Gasteiger partial charge in [-0.15, -0.1) is 0 Å².